The molecule has 0 aliphatic rings. The van der Waals surface area contributed by atoms with Crippen LogP contribution in [-0.2, 0) is 19.1 Å². The first-order valence-electron chi connectivity index (χ1n) is 8.32. The molecule has 0 saturated heterocycles. The molecule has 152 valence electrons. The lowest BCUT2D eigenvalue weighted by Crippen LogP contribution is -2.27. The third-order valence-corrected chi connectivity index (χ3v) is 2.95. The highest BCUT2D eigenvalue weighted by Gasteiger charge is 2.31. The van der Waals surface area contributed by atoms with E-state index in [4.69, 9.17) is 9.47 Å². The van der Waals surface area contributed by atoms with Crippen LogP contribution in [-0.4, -0.2) is 37.8 Å². The Hall–Kier alpha value is -2.58. The summed E-state index contributed by atoms with van der Waals surface area (Å²) in [7, 11) is 0. The highest BCUT2D eigenvalue weighted by Crippen LogP contribution is 2.22. The summed E-state index contributed by atoms with van der Waals surface area (Å²) in [5.74, 6) is -2.10. The van der Waals surface area contributed by atoms with E-state index in [1.165, 1.54) is 12.1 Å². The molecule has 9 heteroatoms. The minimum atomic E-state index is -4.72. The van der Waals surface area contributed by atoms with Gasteiger partial charge in [0.25, 0.3) is 0 Å². The first-order valence-corrected chi connectivity index (χ1v) is 8.32. The van der Waals surface area contributed by atoms with Crippen LogP contribution in [0.25, 0.3) is 0 Å². The summed E-state index contributed by atoms with van der Waals surface area (Å²) >= 11 is 0. The highest BCUT2D eigenvalue weighted by molar-refractivity contribution is 5.94. The van der Waals surface area contributed by atoms with Crippen molar-refractivity contribution in [2.24, 2.45) is 5.92 Å². The van der Waals surface area contributed by atoms with E-state index in [0.717, 1.165) is 18.6 Å². The summed E-state index contributed by atoms with van der Waals surface area (Å²) in [6.45, 7) is 5.92. The summed E-state index contributed by atoms with van der Waals surface area (Å²) in [6.07, 6.45) is -3.04. The Morgan fingerprint density at radius 2 is 1.63 bits per heavy atom. The number of ether oxygens (including phenoxy) is 3. The number of carbonyl (C=O) groups excluding carboxylic acids is 3. The van der Waals surface area contributed by atoms with Crippen LogP contribution >= 0.6 is 0 Å². The molecular formula is C18H23F3O6. The molecule has 0 heterocycles. The van der Waals surface area contributed by atoms with Gasteiger partial charge in [-0.3, -0.25) is 14.4 Å². The Morgan fingerprint density at radius 1 is 1.07 bits per heavy atom. The predicted octanol–water partition coefficient (Wildman–Crippen LogP) is 3.93. The Labute approximate surface area is 155 Å². The molecule has 0 N–H and O–H groups in total. The number of hydrogen-bond donors (Lipinski definition) is 0. The van der Waals surface area contributed by atoms with Crippen molar-refractivity contribution >= 4 is 18.2 Å². The van der Waals surface area contributed by atoms with Crippen LogP contribution in [0.1, 0.15) is 44.0 Å². The molecule has 0 aromatic heterocycles. The minimum Gasteiger partial charge on any atom is -0.465 e. The number of benzene rings is 1. The lowest BCUT2D eigenvalue weighted by molar-refractivity contribution is -0.274. The molecule has 27 heavy (non-hydrogen) atoms. The van der Waals surface area contributed by atoms with Crippen LogP contribution in [0.4, 0.5) is 13.2 Å². The first-order chi connectivity index (χ1) is 12.7. The van der Waals surface area contributed by atoms with Crippen LogP contribution in [0.2, 0.25) is 0 Å². The number of rotatable bonds is 8. The van der Waals surface area contributed by atoms with Crippen molar-refractivity contribution in [1.82, 2.24) is 0 Å². The topological polar surface area (TPSA) is 78.9 Å². The smallest absolute Gasteiger partial charge is 0.465 e. The van der Waals surface area contributed by atoms with Gasteiger partial charge in [0.05, 0.1) is 13.2 Å². The van der Waals surface area contributed by atoms with Crippen molar-refractivity contribution in [1.29, 1.82) is 0 Å². The fourth-order valence-electron chi connectivity index (χ4n) is 1.89. The van der Waals surface area contributed by atoms with Crippen molar-refractivity contribution in [3.8, 4) is 5.75 Å². The van der Waals surface area contributed by atoms with Gasteiger partial charge in [0.2, 0.25) is 0 Å². The van der Waals surface area contributed by atoms with E-state index < -0.39 is 30.0 Å². The van der Waals surface area contributed by atoms with E-state index >= 15 is 0 Å². The molecule has 0 unspecified atom stereocenters. The lowest BCUT2D eigenvalue weighted by atomic mass is 10.0. The Morgan fingerprint density at radius 3 is 2.04 bits per heavy atom. The molecule has 1 aromatic rings. The van der Waals surface area contributed by atoms with Gasteiger partial charge in [-0.2, -0.15) is 0 Å². The average molecular weight is 392 g/mol. The van der Waals surface area contributed by atoms with Crippen LogP contribution in [0.3, 0.4) is 0 Å². The van der Waals surface area contributed by atoms with Gasteiger partial charge >= 0.3 is 18.3 Å². The number of hydrogen-bond acceptors (Lipinski definition) is 6. The van der Waals surface area contributed by atoms with Gasteiger partial charge in [-0.1, -0.05) is 25.5 Å². The number of aldehydes is 1. The maximum Gasteiger partial charge on any atom is 0.573 e. The molecule has 0 radical (unpaired) electrons. The maximum absolute atomic E-state index is 11.7. The SMILES string of the molecule is CCCC(C(=O)OCC)C(=O)OCC.O=Cc1cccc(OC(F)(F)F)c1. The van der Waals surface area contributed by atoms with E-state index in [2.05, 4.69) is 4.74 Å². The number of alkyl halides is 3. The van der Waals surface area contributed by atoms with Gasteiger partial charge in [-0.05, 0) is 32.4 Å². The molecule has 1 aromatic carbocycles. The zero-order valence-electron chi connectivity index (χ0n) is 15.4. The van der Waals surface area contributed by atoms with E-state index in [-0.39, 0.29) is 5.56 Å². The molecule has 0 aliphatic carbocycles. The van der Waals surface area contributed by atoms with E-state index in [1.807, 2.05) is 6.92 Å². The van der Waals surface area contributed by atoms with Gasteiger partial charge in [-0.25, -0.2) is 0 Å². The summed E-state index contributed by atoms with van der Waals surface area (Å²) in [5.41, 5.74) is 0.141. The number of carbonyl (C=O) groups is 3. The second kappa shape index (κ2) is 12.7. The van der Waals surface area contributed by atoms with Crippen LogP contribution in [0.15, 0.2) is 24.3 Å². The molecule has 0 amide bonds. The Kier molecular flexibility index (Phi) is 11.5. The standard InChI is InChI=1S/C10H18O4.C8H5F3O2/c1-4-7-8(9(11)13-5-2)10(12)14-6-3;9-8(10,11)13-7-3-1-2-6(4-7)5-12/h8H,4-7H2,1-3H3;1-5H. The fourth-order valence-corrected chi connectivity index (χ4v) is 1.89. The summed E-state index contributed by atoms with van der Waals surface area (Å²) in [5, 5.41) is 0. The third kappa shape index (κ3) is 10.9. The van der Waals surface area contributed by atoms with Crippen molar-refractivity contribution in [2.75, 3.05) is 13.2 Å². The van der Waals surface area contributed by atoms with Crippen LogP contribution < -0.4 is 4.74 Å². The molecule has 0 bridgehead atoms. The predicted molar refractivity (Wildman–Crippen MR) is 90.2 cm³/mol. The Balaban J connectivity index is 0.000000501. The zero-order chi connectivity index (χ0) is 20.9. The van der Waals surface area contributed by atoms with Crippen molar-refractivity contribution in [3.63, 3.8) is 0 Å². The second-order valence-corrected chi connectivity index (χ2v) is 5.08. The third-order valence-electron chi connectivity index (χ3n) is 2.95. The van der Waals surface area contributed by atoms with Crippen LogP contribution in [0, 0.1) is 5.92 Å². The van der Waals surface area contributed by atoms with Gasteiger partial charge in [0, 0.05) is 5.56 Å². The van der Waals surface area contributed by atoms with E-state index in [0.29, 0.717) is 25.9 Å². The highest BCUT2D eigenvalue weighted by atomic mass is 19.4. The van der Waals surface area contributed by atoms with E-state index in [1.54, 1.807) is 13.8 Å². The monoisotopic (exact) mass is 392 g/mol. The fraction of sp³-hybridized carbons (Fsp3) is 0.500. The van der Waals surface area contributed by atoms with Crippen molar-refractivity contribution < 1.29 is 41.8 Å². The normalized spacial score (nSPS) is 10.5. The van der Waals surface area contributed by atoms with Crippen molar-refractivity contribution in [2.45, 2.75) is 40.0 Å². The zero-order valence-corrected chi connectivity index (χ0v) is 15.4. The van der Waals surface area contributed by atoms with Gasteiger partial charge < -0.3 is 14.2 Å². The molecule has 0 atom stereocenters. The number of halogens is 3. The molecule has 0 spiro atoms. The number of esters is 2. The van der Waals surface area contributed by atoms with Gasteiger partial charge in [-0.15, -0.1) is 13.2 Å². The summed E-state index contributed by atoms with van der Waals surface area (Å²) < 4.78 is 48.2. The molecular weight excluding hydrogens is 369 g/mol. The summed E-state index contributed by atoms with van der Waals surface area (Å²) in [6, 6.07) is 4.84. The Bertz CT molecular complexity index is 583. The largest absolute Gasteiger partial charge is 0.573 e. The van der Waals surface area contributed by atoms with Gasteiger partial charge in [0.1, 0.15) is 12.0 Å². The first kappa shape index (κ1) is 24.4. The molecule has 6 nitrogen and oxygen atoms in total. The maximum atomic E-state index is 11.7. The average Bonchev–Trinajstić information content (AvgIpc) is 2.59. The van der Waals surface area contributed by atoms with Crippen LogP contribution in [0.5, 0.6) is 5.75 Å². The second-order valence-electron chi connectivity index (χ2n) is 5.08. The van der Waals surface area contributed by atoms with Gasteiger partial charge in [0.15, 0.2) is 5.92 Å². The summed E-state index contributed by atoms with van der Waals surface area (Å²) in [4.78, 5) is 32.8. The minimum absolute atomic E-state index is 0.141. The molecule has 0 aliphatic heterocycles. The lowest BCUT2D eigenvalue weighted by Gasteiger charge is -2.12. The molecule has 1 rings (SSSR count). The van der Waals surface area contributed by atoms with E-state index in [9.17, 15) is 27.6 Å². The quantitative estimate of drug-likeness (QED) is 0.379. The molecule has 0 fully saturated rings. The molecule has 0 saturated carbocycles. The van der Waals surface area contributed by atoms with Crippen molar-refractivity contribution in [3.05, 3.63) is 29.8 Å².